The van der Waals surface area contributed by atoms with Gasteiger partial charge in [-0.3, -0.25) is 0 Å². The van der Waals surface area contributed by atoms with Gasteiger partial charge in [0.05, 0.1) is 16.3 Å². The Labute approximate surface area is 188 Å². The third-order valence-corrected chi connectivity index (χ3v) is 5.85. The maximum atomic E-state index is 14.4. The van der Waals surface area contributed by atoms with Gasteiger partial charge in [0, 0.05) is 35.1 Å². The molecular weight excluding hydrogens is 429 g/mol. The lowest BCUT2D eigenvalue weighted by atomic mass is 10.1. The zero-order valence-electron chi connectivity index (χ0n) is 18.4. The third kappa shape index (κ3) is 5.94. The van der Waals surface area contributed by atoms with Gasteiger partial charge in [-0.25, -0.2) is 18.4 Å². The number of nitrogens with one attached hydrogen (secondary N) is 3. The number of benzene rings is 2. The number of hydrogen-bond acceptors (Lipinski definition) is 7. The molecule has 0 aliphatic heterocycles. The Bertz CT molecular complexity index is 1180. The van der Waals surface area contributed by atoms with Gasteiger partial charge in [0.15, 0.2) is 11.6 Å². The molecule has 1 heterocycles. The predicted octanol–water partition coefficient (Wildman–Crippen LogP) is 5.67. The number of ether oxygens (including phenoxy) is 1. The van der Waals surface area contributed by atoms with Gasteiger partial charge in [0.2, 0.25) is 5.95 Å². The van der Waals surface area contributed by atoms with Crippen molar-refractivity contribution in [1.29, 1.82) is 4.78 Å². The molecular formula is C23H28FN5O2S. The van der Waals surface area contributed by atoms with E-state index in [4.69, 9.17) is 9.52 Å². The zero-order valence-corrected chi connectivity index (χ0v) is 19.3. The van der Waals surface area contributed by atoms with Crippen LogP contribution in [0.4, 0.5) is 21.8 Å². The molecule has 0 saturated carbocycles. The van der Waals surface area contributed by atoms with Crippen molar-refractivity contribution in [3.05, 3.63) is 54.5 Å². The van der Waals surface area contributed by atoms with Gasteiger partial charge in [-0.2, -0.15) is 4.98 Å². The summed E-state index contributed by atoms with van der Waals surface area (Å²) in [6.07, 6.45) is 4.99. The van der Waals surface area contributed by atoms with Crippen molar-refractivity contribution in [2.24, 2.45) is 0 Å². The molecule has 9 heteroatoms. The molecule has 0 aliphatic carbocycles. The summed E-state index contributed by atoms with van der Waals surface area (Å²) in [6.45, 7) is 5.01. The van der Waals surface area contributed by atoms with Crippen LogP contribution in [0.1, 0.15) is 26.7 Å². The Balaban J connectivity index is 1.94. The van der Waals surface area contributed by atoms with Crippen molar-refractivity contribution in [1.82, 2.24) is 9.97 Å². The second kappa shape index (κ2) is 10.4. The highest BCUT2D eigenvalue weighted by atomic mass is 32.2. The average molecular weight is 458 g/mol. The number of rotatable bonds is 10. The molecule has 1 unspecified atom stereocenters. The second-order valence-corrected chi connectivity index (χ2v) is 9.47. The molecule has 170 valence electrons. The van der Waals surface area contributed by atoms with Gasteiger partial charge in [0.1, 0.15) is 5.82 Å². The minimum absolute atomic E-state index is 0.206. The highest BCUT2D eigenvalue weighted by molar-refractivity contribution is 7.91. The van der Waals surface area contributed by atoms with E-state index in [0.29, 0.717) is 46.6 Å². The molecule has 0 amide bonds. The lowest BCUT2D eigenvalue weighted by Crippen LogP contribution is -2.08. The van der Waals surface area contributed by atoms with Crippen LogP contribution in [0.15, 0.2) is 53.6 Å². The van der Waals surface area contributed by atoms with Crippen molar-refractivity contribution < 1.29 is 13.3 Å². The van der Waals surface area contributed by atoms with E-state index < -0.39 is 15.5 Å². The van der Waals surface area contributed by atoms with Crippen molar-refractivity contribution >= 4 is 27.2 Å². The summed E-state index contributed by atoms with van der Waals surface area (Å²) in [6, 6.07) is 11.6. The molecule has 7 nitrogen and oxygen atoms in total. The van der Waals surface area contributed by atoms with Gasteiger partial charge in [-0.15, -0.1) is 0 Å². The lowest BCUT2D eigenvalue weighted by molar-refractivity contribution is 0.321. The number of aromatic nitrogens is 2. The van der Waals surface area contributed by atoms with Crippen molar-refractivity contribution in [2.45, 2.75) is 31.6 Å². The quantitative estimate of drug-likeness (QED) is 0.339. The van der Waals surface area contributed by atoms with Crippen LogP contribution < -0.4 is 15.4 Å². The third-order valence-electron chi connectivity index (χ3n) is 4.69. The van der Waals surface area contributed by atoms with Crippen LogP contribution in [0.5, 0.6) is 5.75 Å². The highest BCUT2D eigenvalue weighted by Gasteiger charge is 2.13. The van der Waals surface area contributed by atoms with Crippen LogP contribution in [0.3, 0.4) is 0 Å². The topological polar surface area (TPSA) is 100.0 Å². The molecule has 2 aromatic carbocycles. The standard InChI is InChI=1S/C23H28FN5O2S/c1-4-6-12-26-22-19(16-10-11-21(31-5-2)20(24)13-16)15-27-23(29-22)28-17-8-7-9-18(14-17)32(3,25)30/h7-11,13-15,25H,4-6,12H2,1-3H3,(H2,26,27,28,29). The fourth-order valence-corrected chi connectivity index (χ4v) is 3.75. The van der Waals surface area contributed by atoms with Gasteiger partial charge >= 0.3 is 0 Å². The fraction of sp³-hybridized carbons (Fsp3) is 0.304. The Morgan fingerprint density at radius 3 is 2.69 bits per heavy atom. The summed E-state index contributed by atoms with van der Waals surface area (Å²) >= 11 is 0. The van der Waals surface area contributed by atoms with Gasteiger partial charge < -0.3 is 15.4 Å². The molecule has 0 spiro atoms. The maximum absolute atomic E-state index is 14.4. The Hall–Kier alpha value is -3.20. The highest BCUT2D eigenvalue weighted by Crippen LogP contribution is 2.31. The SMILES string of the molecule is CCCCNc1nc(Nc2cccc(S(C)(=N)=O)c2)ncc1-c1ccc(OCC)c(F)c1. The summed E-state index contributed by atoms with van der Waals surface area (Å²) in [4.78, 5) is 9.40. The van der Waals surface area contributed by atoms with E-state index in [-0.39, 0.29) is 5.75 Å². The summed E-state index contributed by atoms with van der Waals surface area (Å²) in [7, 11) is -2.83. The molecule has 0 aliphatic rings. The number of halogens is 1. The Kier molecular flexibility index (Phi) is 7.63. The lowest BCUT2D eigenvalue weighted by Gasteiger charge is -2.14. The average Bonchev–Trinajstić information content (AvgIpc) is 2.75. The van der Waals surface area contributed by atoms with Gasteiger partial charge in [0.25, 0.3) is 0 Å². The smallest absolute Gasteiger partial charge is 0.229 e. The van der Waals surface area contributed by atoms with Crippen molar-refractivity contribution in [3.63, 3.8) is 0 Å². The molecule has 3 rings (SSSR count). The van der Waals surface area contributed by atoms with E-state index in [1.807, 2.05) is 0 Å². The first kappa shape index (κ1) is 23.5. The monoisotopic (exact) mass is 457 g/mol. The normalized spacial score (nSPS) is 12.8. The summed E-state index contributed by atoms with van der Waals surface area (Å²) in [5.41, 5.74) is 1.94. The van der Waals surface area contributed by atoms with Crippen LogP contribution in [-0.4, -0.2) is 33.6 Å². The minimum Gasteiger partial charge on any atom is -0.491 e. The maximum Gasteiger partial charge on any atom is 0.229 e. The molecule has 32 heavy (non-hydrogen) atoms. The van der Waals surface area contributed by atoms with Crippen molar-refractivity contribution in [2.75, 3.05) is 30.0 Å². The minimum atomic E-state index is -2.83. The van der Waals surface area contributed by atoms with Gasteiger partial charge in [-0.05, 0) is 49.2 Å². The second-order valence-electron chi connectivity index (χ2n) is 7.31. The summed E-state index contributed by atoms with van der Waals surface area (Å²) < 4.78 is 39.5. The zero-order chi connectivity index (χ0) is 23.1. The number of anilines is 3. The molecule has 0 radical (unpaired) electrons. The first-order valence-corrected chi connectivity index (χ1v) is 12.4. The fourth-order valence-electron chi connectivity index (χ4n) is 3.06. The molecule has 3 N–H and O–H groups in total. The number of nitrogens with zero attached hydrogens (tertiary/aromatic N) is 2. The van der Waals surface area contributed by atoms with Crippen LogP contribution in [0.2, 0.25) is 0 Å². The van der Waals surface area contributed by atoms with Crippen LogP contribution in [0, 0.1) is 10.6 Å². The molecule has 0 saturated heterocycles. The Morgan fingerprint density at radius 1 is 1.19 bits per heavy atom. The molecule has 0 fully saturated rings. The molecule has 1 aromatic heterocycles. The van der Waals surface area contributed by atoms with Crippen molar-refractivity contribution in [3.8, 4) is 16.9 Å². The number of unbranched alkanes of at least 4 members (excludes halogenated alkanes) is 1. The number of hydrogen-bond donors (Lipinski definition) is 3. The van der Waals surface area contributed by atoms with Gasteiger partial charge in [-0.1, -0.05) is 25.5 Å². The van der Waals surface area contributed by atoms with E-state index in [1.54, 1.807) is 49.5 Å². The first-order valence-electron chi connectivity index (χ1n) is 10.5. The molecule has 1 atom stereocenters. The van der Waals surface area contributed by atoms with Crippen LogP contribution in [0.25, 0.3) is 11.1 Å². The van der Waals surface area contributed by atoms with Crippen LogP contribution >= 0.6 is 0 Å². The predicted molar refractivity (Wildman–Crippen MR) is 127 cm³/mol. The van der Waals surface area contributed by atoms with E-state index in [0.717, 1.165) is 12.8 Å². The van der Waals surface area contributed by atoms with E-state index in [9.17, 15) is 8.60 Å². The first-order chi connectivity index (χ1) is 15.3. The largest absolute Gasteiger partial charge is 0.491 e. The van der Waals surface area contributed by atoms with Crippen LogP contribution in [-0.2, 0) is 9.73 Å². The molecule has 0 bridgehead atoms. The summed E-state index contributed by atoms with van der Waals surface area (Å²) in [5.74, 6) is 0.679. The Morgan fingerprint density at radius 2 is 2.00 bits per heavy atom. The summed E-state index contributed by atoms with van der Waals surface area (Å²) in [5, 5.41) is 6.41. The molecule has 3 aromatic rings. The van der Waals surface area contributed by atoms with E-state index >= 15 is 0 Å². The van der Waals surface area contributed by atoms with E-state index in [1.165, 1.54) is 12.3 Å². The van der Waals surface area contributed by atoms with E-state index in [2.05, 4.69) is 27.5 Å².